The highest BCUT2D eigenvalue weighted by molar-refractivity contribution is 5.97. The Morgan fingerprint density at radius 3 is 2.33 bits per heavy atom. The van der Waals surface area contributed by atoms with Crippen molar-refractivity contribution < 1.29 is 19.4 Å². The molecule has 2 N–H and O–H groups in total. The normalized spacial score (nSPS) is 11.9. The van der Waals surface area contributed by atoms with E-state index >= 15 is 0 Å². The molecule has 0 aliphatic carbocycles. The number of benzene rings is 1. The van der Waals surface area contributed by atoms with Crippen LogP contribution in [0.2, 0.25) is 0 Å². The third-order valence-corrected chi connectivity index (χ3v) is 2.72. The Morgan fingerprint density at radius 2 is 1.89 bits per heavy atom. The smallest absolute Gasteiger partial charge is 0.334 e. The molecule has 5 heteroatoms. The summed E-state index contributed by atoms with van der Waals surface area (Å²) in [5, 5.41) is 11.4. The number of amides is 1. The molecule has 0 heterocycles. The maximum Gasteiger partial charge on any atom is 0.334 e. The molecule has 1 rings (SSSR count). The zero-order valence-corrected chi connectivity index (χ0v) is 10.7. The summed E-state index contributed by atoms with van der Waals surface area (Å²) >= 11 is 0. The second-order valence-electron chi connectivity index (χ2n) is 4.04. The molecule has 1 aromatic rings. The van der Waals surface area contributed by atoms with Gasteiger partial charge in [0.05, 0.1) is 6.54 Å². The van der Waals surface area contributed by atoms with Crippen molar-refractivity contribution in [2.24, 2.45) is 0 Å². The molecular weight excluding hydrogens is 234 g/mol. The zero-order chi connectivity index (χ0) is 13.7. The molecule has 0 saturated heterocycles. The first kappa shape index (κ1) is 14.2. The molecular formula is C13H17NO4. The molecule has 1 unspecified atom stereocenters. The Bertz CT molecular complexity index is 436. The fourth-order valence-electron chi connectivity index (χ4n) is 1.72. The lowest BCUT2D eigenvalue weighted by molar-refractivity contribution is -0.147. The van der Waals surface area contributed by atoms with E-state index in [1.807, 2.05) is 32.0 Å². The van der Waals surface area contributed by atoms with Crippen molar-refractivity contribution in [3.63, 3.8) is 0 Å². The van der Waals surface area contributed by atoms with E-state index in [9.17, 15) is 9.59 Å². The van der Waals surface area contributed by atoms with Crippen LogP contribution in [0, 0.1) is 13.8 Å². The van der Waals surface area contributed by atoms with Crippen molar-refractivity contribution in [1.29, 1.82) is 0 Å². The van der Waals surface area contributed by atoms with Gasteiger partial charge in [-0.1, -0.05) is 18.2 Å². The molecule has 1 atom stereocenters. The minimum atomic E-state index is -1.10. The molecule has 1 amide bonds. The highest BCUT2D eigenvalue weighted by atomic mass is 16.5. The lowest BCUT2D eigenvalue weighted by Gasteiger charge is -2.13. The number of carboxylic acids is 1. The van der Waals surface area contributed by atoms with Crippen LogP contribution in [0.1, 0.15) is 21.5 Å². The van der Waals surface area contributed by atoms with Crippen LogP contribution in [0.25, 0.3) is 0 Å². The summed E-state index contributed by atoms with van der Waals surface area (Å²) in [6.07, 6.45) is -1.03. The molecule has 0 aromatic heterocycles. The number of aliphatic carboxylic acids is 1. The van der Waals surface area contributed by atoms with Gasteiger partial charge in [0, 0.05) is 12.7 Å². The number of hydrogen-bond donors (Lipinski definition) is 2. The average molecular weight is 251 g/mol. The largest absolute Gasteiger partial charge is 0.479 e. The maximum absolute atomic E-state index is 12.0. The second kappa shape index (κ2) is 6.16. The van der Waals surface area contributed by atoms with Crippen LogP contribution in [0.15, 0.2) is 18.2 Å². The number of ether oxygens (including phenoxy) is 1. The summed E-state index contributed by atoms with van der Waals surface area (Å²) in [7, 11) is 1.30. The van der Waals surface area contributed by atoms with Gasteiger partial charge in [-0.15, -0.1) is 0 Å². The first-order valence-electron chi connectivity index (χ1n) is 5.57. The van der Waals surface area contributed by atoms with Crippen molar-refractivity contribution >= 4 is 11.9 Å². The van der Waals surface area contributed by atoms with Gasteiger partial charge >= 0.3 is 5.97 Å². The Kier molecular flexibility index (Phi) is 4.85. The van der Waals surface area contributed by atoms with Crippen LogP contribution in [0.3, 0.4) is 0 Å². The Hall–Kier alpha value is -1.88. The number of methoxy groups -OCH3 is 1. The first-order chi connectivity index (χ1) is 8.47. The topological polar surface area (TPSA) is 75.6 Å². The molecule has 0 aliphatic heterocycles. The Morgan fingerprint density at radius 1 is 1.33 bits per heavy atom. The van der Waals surface area contributed by atoms with Crippen molar-refractivity contribution in [3.05, 3.63) is 34.9 Å². The van der Waals surface area contributed by atoms with E-state index in [2.05, 4.69) is 5.32 Å². The minimum absolute atomic E-state index is 0.0571. The average Bonchev–Trinajstić information content (AvgIpc) is 2.29. The van der Waals surface area contributed by atoms with Crippen LogP contribution in [-0.2, 0) is 9.53 Å². The maximum atomic E-state index is 12.0. The summed E-state index contributed by atoms with van der Waals surface area (Å²) < 4.78 is 4.74. The van der Waals surface area contributed by atoms with Crippen molar-refractivity contribution in [1.82, 2.24) is 5.32 Å². The van der Waals surface area contributed by atoms with Crippen molar-refractivity contribution in [2.45, 2.75) is 20.0 Å². The number of aryl methyl sites for hydroxylation is 2. The van der Waals surface area contributed by atoms with E-state index < -0.39 is 12.1 Å². The molecule has 5 nitrogen and oxygen atoms in total. The zero-order valence-electron chi connectivity index (χ0n) is 10.7. The van der Waals surface area contributed by atoms with E-state index in [1.165, 1.54) is 7.11 Å². The third-order valence-electron chi connectivity index (χ3n) is 2.72. The van der Waals surface area contributed by atoms with E-state index in [0.717, 1.165) is 11.1 Å². The molecule has 18 heavy (non-hydrogen) atoms. The van der Waals surface area contributed by atoms with Crippen molar-refractivity contribution in [3.8, 4) is 0 Å². The van der Waals surface area contributed by atoms with Crippen LogP contribution < -0.4 is 5.32 Å². The van der Waals surface area contributed by atoms with E-state index in [0.29, 0.717) is 5.56 Å². The molecule has 1 aromatic carbocycles. The minimum Gasteiger partial charge on any atom is -0.479 e. The first-order valence-corrected chi connectivity index (χ1v) is 5.57. The summed E-state index contributed by atoms with van der Waals surface area (Å²) in [5.41, 5.74) is 2.30. The number of nitrogens with one attached hydrogen (secondary N) is 1. The standard InChI is InChI=1S/C13H17NO4/c1-8-5-4-6-9(2)11(8)12(15)14-7-10(18-3)13(16)17/h4-6,10H,7H2,1-3H3,(H,14,15)(H,16,17). The third kappa shape index (κ3) is 3.30. The van der Waals surface area contributed by atoms with Crippen LogP contribution in [0.4, 0.5) is 0 Å². The van der Waals surface area contributed by atoms with Gasteiger partial charge < -0.3 is 15.2 Å². The highest BCUT2D eigenvalue weighted by Gasteiger charge is 2.18. The molecule has 98 valence electrons. The summed E-state index contributed by atoms with van der Waals surface area (Å²) in [6, 6.07) is 5.55. The van der Waals surface area contributed by atoms with Gasteiger partial charge in [-0.2, -0.15) is 0 Å². The van der Waals surface area contributed by atoms with Gasteiger partial charge in [-0.05, 0) is 25.0 Å². The van der Waals surface area contributed by atoms with E-state index in [4.69, 9.17) is 9.84 Å². The monoisotopic (exact) mass is 251 g/mol. The van der Waals surface area contributed by atoms with Gasteiger partial charge in [0.2, 0.25) is 0 Å². The molecule has 0 fully saturated rings. The van der Waals surface area contributed by atoms with Crippen LogP contribution >= 0.6 is 0 Å². The number of carbonyl (C=O) groups excluding carboxylic acids is 1. The molecule has 0 bridgehead atoms. The predicted octanol–water partition coefficient (Wildman–Crippen LogP) is 1.13. The fraction of sp³-hybridized carbons (Fsp3) is 0.385. The predicted molar refractivity (Wildman–Crippen MR) is 66.7 cm³/mol. The summed E-state index contributed by atoms with van der Waals surface area (Å²) in [4.78, 5) is 22.7. The molecule has 0 spiro atoms. The quantitative estimate of drug-likeness (QED) is 0.822. The second-order valence-corrected chi connectivity index (χ2v) is 4.04. The molecule has 0 saturated carbocycles. The number of rotatable bonds is 5. The lowest BCUT2D eigenvalue weighted by atomic mass is 10.0. The number of carboxylic acid groups (broad SMARTS) is 1. The van der Waals surface area contributed by atoms with Gasteiger partial charge in [-0.25, -0.2) is 4.79 Å². The molecule has 0 aliphatic rings. The van der Waals surface area contributed by atoms with Gasteiger partial charge in [0.1, 0.15) is 0 Å². The lowest BCUT2D eigenvalue weighted by Crippen LogP contribution is -2.38. The molecule has 0 radical (unpaired) electrons. The van der Waals surface area contributed by atoms with Crippen LogP contribution in [-0.4, -0.2) is 36.7 Å². The van der Waals surface area contributed by atoms with Gasteiger partial charge in [0.15, 0.2) is 6.10 Å². The Labute approximate surface area is 106 Å². The summed E-state index contributed by atoms with van der Waals surface area (Å²) in [6.45, 7) is 3.62. The van der Waals surface area contributed by atoms with Crippen molar-refractivity contribution in [2.75, 3.05) is 13.7 Å². The van der Waals surface area contributed by atoms with E-state index in [1.54, 1.807) is 0 Å². The van der Waals surface area contributed by atoms with E-state index in [-0.39, 0.29) is 12.5 Å². The highest BCUT2D eigenvalue weighted by Crippen LogP contribution is 2.12. The Balaban J connectivity index is 2.74. The SMILES string of the molecule is COC(CNC(=O)c1c(C)cccc1C)C(=O)O. The van der Waals surface area contributed by atoms with Gasteiger partial charge in [0.25, 0.3) is 5.91 Å². The number of hydrogen-bond acceptors (Lipinski definition) is 3. The van der Waals surface area contributed by atoms with Crippen LogP contribution in [0.5, 0.6) is 0 Å². The summed E-state index contributed by atoms with van der Waals surface area (Å²) in [5.74, 6) is -1.38. The fourth-order valence-corrected chi connectivity index (χ4v) is 1.72. The van der Waals surface area contributed by atoms with Gasteiger partial charge in [-0.3, -0.25) is 4.79 Å². The number of carbonyl (C=O) groups is 2.